The van der Waals surface area contributed by atoms with Crippen LogP contribution in [-0.4, -0.2) is 36.3 Å². The van der Waals surface area contributed by atoms with Gasteiger partial charge in [0.15, 0.2) is 0 Å². The number of nitrogens with one attached hydrogen (secondary N) is 1. The number of aliphatic hydroxyl groups is 1. The lowest BCUT2D eigenvalue weighted by molar-refractivity contribution is 0.110. The maximum Gasteiger partial charge on any atom is 0.0499 e. The van der Waals surface area contributed by atoms with Crippen LogP contribution in [0.1, 0.15) is 40.0 Å². The van der Waals surface area contributed by atoms with Crippen molar-refractivity contribution < 1.29 is 5.11 Å². The summed E-state index contributed by atoms with van der Waals surface area (Å²) in [6, 6.07) is 0.587. The molecule has 1 atom stereocenters. The Morgan fingerprint density at radius 1 is 1.27 bits per heavy atom. The maximum absolute atomic E-state index is 9.45. The number of aliphatic hydroxyl groups excluding tert-OH is 1. The zero-order valence-electron chi connectivity index (χ0n) is 10.7. The average molecular weight is 233 g/mol. The topological polar surface area (TPSA) is 32.3 Å². The van der Waals surface area contributed by atoms with Crippen molar-refractivity contribution in [2.75, 3.05) is 25.2 Å². The van der Waals surface area contributed by atoms with Crippen LogP contribution in [0.15, 0.2) is 0 Å². The molecule has 0 spiro atoms. The van der Waals surface area contributed by atoms with Gasteiger partial charge in [-0.05, 0) is 25.5 Å². The molecule has 0 aromatic rings. The number of hydrogen-bond donors (Lipinski definition) is 2. The highest BCUT2D eigenvalue weighted by Crippen LogP contribution is 2.24. The van der Waals surface area contributed by atoms with E-state index in [1.165, 1.54) is 0 Å². The van der Waals surface area contributed by atoms with Crippen molar-refractivity contribution in [3.05, 3.63) is 0 Å². The van der Waals surface area contributed by atoms with Crippen LogP contribution < -0.4 is 5.32 Å². The van der Waals surface area contributed by atoms with Gasteiger partial charge in [0, 0.05) is 30.4 Å². The summed E-state index contributed by atoms with van der Waals surface area (Å²) < 4.78 is 0. The van der Waals surface area contributed by atoms with E-state index in [2.05, 4.69) is 32.3 Å². The molecular weight excluding hydrogens is 206 g/mol. The van der Waals surface area contributed by atoms with Crippen LogP contribution in [0, 0.1) is 5.41 Å². The van der Waals surface area contributed by atoms with Crippen LogP contribution in [0.3, 0.4) is 0 Å². The van der Waals surface area contributed by atoms with Gasteiger partial charge in [0.2, 0.25) is 0 Å². The van der Waals surface area contributed by atoms with Crippen LogP contribution in [0.25, 0.3) is 0 Å². The van der Waals surface area contributed by atoms with Crippen LogP contribution in [0.2, 0.25) is 0 Å². The van der Waals surface area contributed by atoms with E-state index in [4.69, 9.17) is 0 Å². The van der Waals surface area contributed by atoms with Gasteiger partial charge in [-0.25, -0.2) is 0 Å². The molecule has 0 aliphatic heterocycles. The van der Waals surface area contributed by atoms with Crippen LogP contribution in [0.5, 0.6) is 0 Å². The minimum atomic E-state index is 0.0891. The molecule has 2 N–H and O–H groups in total. The molecule has 0 amide bonds. The zero-order valence-corrected chi connectivity index (χ0v) is 11.5. The van der Waals surface area contributed by atoms with Gasteiger partial charge in [0.05, 0.1) is 0 Å². The lowest BCUT2D eigenvalue weighted by atomic mass is 9.83. The quantitative estimate of drug-likeness (QED) is 0.642. The van der Waals surface area contributed by atoms with Crippen LogP contribution in [0.4, 0.5) is 0 Å². The Hall–Kier alpha value is 0.270. The molecule has 0 aromatic carbocycles. The number of rotatable bonds is 9. The largest absolute Gasteiger partial charge is 0.396 e. The van der Waals surface area contributed by atoms with E-state index >= 15 is 0 Å². The van der Waals surface area contributed by atoms with Crippen molar-refractivity contribution in [2.45, 2.75) is 46.1 Å². The predicted octanol–water partition coefficient (Wildman–Crippen LogP) is 2.52. The minimum Gasteiger partial charge on any atom is -0.396 e. The van der Waals surface area contributed by atoms with Crippen molar-refractivity contribution in [3.63, 3.8) is 0 Å². The smallest absolute Gasteiger partial charge is 0.0499 e. The van der Waals surface area contributed by atoms with E-state index in [1.807, 2.05) is 11.8 Å². The molecule has 0 aliphatic carbocycles. The van der Waals surface area contributed by atoms with E-state index in [1.54, 1.807) is 0 Å². The lowest BCUT2D eigenvalue weighted by Crippen LogP contribution is -2.42. The SMILES string of the molecule is CCC(CSC)NCC(CC)(CC)CO. The fourth-order valence-electron chi connectivity index (χ4n) is 1.66. The summed E-state index contributed by atoms with van der Waals surface area (Å²) in [5.74, 6) is 1.16. The second kappa shape index (κ2) is 8.43. The summed E-state index contributed by atoms with van der Waals surface area (Å²) in [5.41, 5.74) is 0.0891. The second-order valence-corrected chi connectivity index (χ2v) is 5.22. The third-order valence-electron chi connectivity index (χ3n) is 3.46. The van der Waals surface area contributed by atoms with Gasteiger partial charge in [0.25, 0.3) is 0 Å². The van der Waals surface area contributed by atoms with Crippen molar-refractivity contribution in [2.24, 2.45) is 5.41 Å². The average Bonchev–Trinajstić information content (AvgIpc) is 2.30. The van der Waals surface area contributed by atoms with Gasteiger partial charge in [-0.3, -0.25) is 0 Å². The fraction of sp³-hybridized carbons (Fsp3) is 1.00. The second-order valence-electron chi connectivity index (χ2n) is 4.31. The maximum atomic E-state index is 9.45. The first-order chi connectivity index (χ1) is 7.17. The van der Waals surface area contributed by atoms with Crippen molar-refractivity contribution >= 4 is 11.8 Å². The van der Waals surface area contributed by atoms with Crippen molar-refractivity contribution in [3.8, 4) is 0 Å². The summed E-state index contributed by atoms with van der Waals surface area (Å²) in [5, 5.41) is 13.0. The van der Waals surface area contributed by atoms with E-state index in [0.29, 0.717) is 12.6 Å². The first-order valence-electron chi connectivity index (χ1n) is 6.01. The number of hydrogen-bond acceptors (Lipinski definition) is 3. The van der Waals surface area contributed by atoms with Crippen molar-refractivity contribution in [1.29, 1.82) is 0 Å². The standard InChI is InChI=1S/C12H27NOS/c1-5-11(8-15-4)13-9-12(6-2,7-3)10-14/h11,13-14H,5-10H2,1-4H3. The Labute approximate surface area is 99.2 Å². The molecule has 2 nitrogen and oxygen atoms in total. The molecule has 3 heteroatoms. The molecule has 0 aliphatic rings. The monoisotopic (exact) mass is 233 g/mol. The zero-order chi connectivity index (χ0) is 11.7. The molecule has 1 unspecified atom stereocenters. The molecule has 0 rings (SSSR count). The van der Waals surface area contributed by atoms with Gasteiger partial charge in [-0.15, -0.1) is 0 Å². The summed E-state index contributed by atoms with van der Waals surface area (Å²) in [7, 11) is 0. The normalized spacial score (nSPS) is 14.2. The molecule has 0 saturated carbocycles. The highest BCUT2D eigenvalue weighted by atomic mass is 32.2. The molecule has 0 saturated heterocycles. The number of thioether (sulfide) groups is 1. The first-order valence-corrected chi connectivity index (χ1v) is 7.40. The molecule has 0 fully saturated rings. The summed E-state index contributed by atoms with van der Waals surface area (Å²) in [6.07, 6.45) is 5.39. The minimum absolute atomic E-state index is 0.0891. The fourth-order valence-corrected chi connectivity index (χ4v) is 2.42. The Morgan fingerprint density at radius 2 is 1.87 bits per heavy atom. The highest BCUT2D eigenvalue weighted by molar-refractivity contribution is 7.98. The third kappa shape index (κ3) is 5.23. The lowest BCUT2D eigenvalue weighted by Gasteiger charge is -2.31. The van der Waals surface area contributed by atoms with E-state index in [-0.39, 0.29) is 5.41 Å². The summed E-state index contributed by atoms with van der Waals surface area (Å²) in [4.78, 5) is 0. The van der Waals surface area contributed by atoms with E-state index in [9.17, 15) is 5.11 Å². The van der Waals surface area contributed by atoms with Crippen molar-refractivity contribution in [1.82, 2.24) is 5.32 Å². The van der Waals surface area contributed by atoms with Crippen LogP contribution >= 0.6 is 11.8 Å². The Morgan fingerprint density at radius 3 is 2.20 bits per heavy atom. The Bertz CT molecular complexity index is 140. The van der Waals surface area contributed by atoms with Gasteiger partial charge in [0.1, 0.15) is 0 Å². The Kier molecular flexibility index (Phi) is 8.58. The van der Waals surface area contributed by atoms with Gasteiger partial charge in [-0.1, -0.05) is 20.8 Å². The van der Waals surface area contributed by atoms with Gasteiger partial charge >= 0.3 is 0 Å². The van der Waals surface area contributed by atoms with E-state index in [0.717, 1.165) is 31.6 Å². The molecule has 0 bridgehead atoms. The first kappa shape index (κ1) is 15.3. The van der Waals surface area contributed by atoms with Gasteiger partial charge in [-0.2, -0.15) is 11.8 Å². The molecule has 0 radical (unpaired) electrons. The Balaban J connectivity index is 4.06. The third-order valence-corrected chi connectivity index (χ3v) is 4.20. The molecule has 15 heavy (non-hydrogen) atoms. The predicted molar refractivity (Wildman–Crippen MR) is 70.6 cm³/mol. The van der Waals surface area contributed by atoms with Gasteiger partial charge < -0.3 is 10.4 Å². The summed E-state index contributed by atoms with van der Waals surface area (Å²) >= 11 is 1.88. The van der Waals surface area contributed by atoms with E-state index < -0.39 is 0 Å². The molecule has 0 aromatic heterocycles. The molecule has 0 heterocycles. The summed E-state index contributed by atoms with van der Waals surface area (Å²) in [6.45, 7) is 7.78. The molecular formula is C12H27NOS. The molecule has 92 valence electrons. The van der Waals surface area contributed by atoms with Crippen LogP contribution in [-0.2, 0) is 0 Å². The highest BCUT2D eigenvalue weighted by Gasteiger charge is 2.25.